The quantitative estimate of drug-likeness (QED) is 0.779. The molecule has 0 aliphatic carbocycles. The standard InChI is InChI=1S/C14H9BrClFN2OS/c15-12-8(2-1-3-10(12)17)14(20)19-11-5-4-7(13(18)21)6-9(11)16/h1-6H,(H2,18,21)(H,19,20). The Morgan fingerprint density at radius 1 is 1.33 bits per heavy atom. The number of anilines is 1. The van der Waals surface area contributed by atoms with Crippen molar-refractivity contribution in [3.63, 3.8) is 0 Å². The smallest absolute Gasteiger partial charge is 0.256 e. The van der Waals surface area contributed by atoms with Gasteiger partial charge in [-0.15, -0.1) is 0 Å². The van der Waals surface area contributed by atoms with Gasteiger partial charge in [0.05, 0.1) is 20.7 Å². The topological polar surface area (TPSA) is 55.1 Å². The van der Waals surface area contributed by atoms with Crippen molar-refractivity contribution in [3.05, 3.63) is 62.8 Å². The molecule has 7 heteroatoms. The molecule has 2 aromatic carbocycles. The maximum absolute atomic E-state index is 13.4. The van der Waals surface area contributed by atoms with Gasteiger partial charge in [-0.25, -0.2) is 4.39 Å². The number of nitrogens with two attached hydrogens (primary N) is 1. The van der Waals surface area contributed by atoms with Crippen LogP contribution >= 0.6 is 39.7 Å². The lowest BCUT2D eigenvalue weighted by Gasteiger charge is -2.10. The number of carbonyl (C=O) groups is 1. The largest absolute Gasteiger partial charge is 0.389 e. The summed E-state index contributed by atoms with van der Waals surface area (Å²) >= 11 is 13.9. The summed E-state index contributed by atoms with van der Waals surface area (Å²) in [6.07, 6.45) is 0. The summed E-state index contributed by atoms with van der Waals surface area (Å²) in [6, 6.07) is 8.99. The molecule has 1 amide bonds. The summed E-state index contributed by atoms with van der Waals surface area (Å²) < 4.78 is 13.5. The van der Waals surface area contributed by atoms with E-state index in [2.05, 4.69) is 21.2 Å². The molecule has 0 fully saturated rings. The van der Waals surface area contributed by atoms with Gasteiger partial charge in [0.1, 0.15) is 10.8 Å². The van der Waals surface area contributed by atoms with Crippen LogP contribution in [0.4, 0.5) is 10.1 Å². The number of benzene rings is 2. The molecule has 0 unspecified atom stereocenters. The van der Waals surface area contributed by atoms with Crippen LogP contribution in [0.5, 0.6) is 0 Å². The summed E-state index contributed by atoms with van der Waals surface area (Å²) in [5, 5.41) is 2.90. The SMILES string of the molecule is NC(=S)c1ccc(NC(=O)c2cccc(F)c2Br)c(Cl)c1. The lowest BCUT2D eigenvalue weighted by molar-refractivity contribution is 0.102. The molecule has 0 aliphatic rings. The minimum absolute atomic E-state index is 0.0957. The Labute approximate surface area is 139 Å². The van der Waals surface area contributed by atoms with Crippen molar-refractivity contribution in [1.29, 1.82) is 0 Å². The summed E-state index contributed by atoms with van der Waals surface area (Å²) in [5.74, 6) is -0.996. The van der Waals surface area contributed by atoms with Crippen LogP contribution < -0.4 is 11.1 Å². The third-order valence-electron chi connectivity index (χ3n) is 2.70. The molecular weight excluding hydrogens is 379 g/mol. The van der Waals surface area contributed by atoms with E-state index in [1.54, 1.807) is 18.2 Å². The second kappa shape index (κ2) is 6.51. The molecule has 0 heterocycles. The highest BCUT2D eigenvalue weighted by Gasteiger charge is 2.14. The Bertz CT molecular complexity index is 739. The number of rotatable bonds is 3. The lowest BCUT2D eigenvalue weighted by Crippen LogP contribution is -2.14. The molecule has 2 aromatic rings. The zero-order valence-corrected chi connectivity index (χ0v) is 13.7. The van der Waals surface area contributed by atoms with Crippen LogP contribution in [0.1, 0.15) is 15.9 Å². The first-order valence-electron chi connectivity index (χ1n) is 5.75. The fraction of sp³-hybridized carbons (Fsp3) is 0. The van der Waals surface area contributed by atoms with Gasteiger partial charge in [0.15, 0.2) is 0 Å². The van der Waals surface area contributed by atoms with Gasteiger partial charge in [-0.1, -0.05) is 29.9 Å². The van der Waals surface area contributed by atoms with Gasteiger partial charge in [-0.3, -0.25) is 4.79 Å². The van der Waals surface area contributed by atoms with Crippen molar-refractivity contribution in [3.8, 4) is 0 Å². The number of nitrogens with one attached hydrogen (secondary N) is 1. The average Bonchev–Trinajstić information content (AvgIpc) is 2.43. The molecule has 2 rings (SSSR count). The van der Waals surface area contributed by atoms with Crippen LogP contribution in [-0.4, -0.2) is 10.9 Å². The molecule has 0 saturated carbocycles. The first-order chi connectivity index (χ1) is 9.90. The van der Waals surface area contributed by atoms with Crippen molar-refractivity contribution in [2.24, 2.45) is 5.73 Å². The Hall–Kier alpha value is -1.50. The van der Waals surface area contributed by atoms with E-state index in [0.717, 1.165) is 0 Å². The third-order valence-corrected chi connectivity index (χ3v) is 4.05. The summed E-state index contributed by atoms with van der Waals surface area (Å²) in [7, 11) is 0. The van der Waals surface area contributed by atoms with Gasteiger partial charge in [-0.2, -0.15) is 0 Å². The van der Waals surface area contributed by atoms with E-state index >= 15 is 0 Å². The van der Waals surface area contributed by atoms with Gasteiger partial charge in [0.2, 0.25) is 0 Å². The molecule has 0 aromatic heterocycles. The second-order valence-corrected chi connectivity index (χ2v) is 5.75. The second-order valence-electron chi connectivity index (χ2n) is 4.11. The van der Waals surface area contributed by atoms with Crippen LogP contribution in [-0.2, 0) is 0 Å². The highest BCUT2D eigenvalue weighted by Crippen LogP contribution is 2.26. The first kappa shape index (κ1) is 15.9. The Kier molecular flexibility index (Phi) is 4.92. The van der Waals surface area contributed by atoms with Crippen LogP contribution in [0.25, 0.3) is 0 Å². The molecule has 0 aliphatic heterocycles. The molecule has 0 bridgehead atoms. The molecule has 3 N–H and O–H groups in total. The molecule has 0 spiro atoms. The number of thiocarbonyl (C=S) groups is 1. The number of hydrogen-bond acceptors (Lipinski definition) is 2. The molecular formula is C14H9BrClFN2OS. The molecule has 3 nitrogen and oxygen atoms in total. The van der Waals surface area contributed by atoms with Gasteiger partial charge in [0.25, 0.3) is 5.91 Å². The normalized spacial score (nSPS) is 10.2. The van der Waals surface area contributed by atoms with Crippen molar-refractivity contribution >= 4 is 56.3 Å². The van der Waals surface area contributed by atoms with Gasteiger partial charge < -0.3 is 11.1 Å². The zero-order valence-electron chi connectivity index (χ0n) is 10.5. The van der Waals surface area contributed by atoms with Crippen molar-refractivity contribution in [1.82, 2.24) is 0 Å². The van der Waals surface area contributed by atoms with Gasteiger partial charge in [-0.05, 0) is 46.3 Å². The van der Waals surface area contributed by atoms with Crippen molar-refractivity contribution < 1.29 is 9.18 Å². The molecule has 21 heavy (non-hydrogen) atoms. The number of carbonyl (C=O) groups excluding carboxylic acids is 1. The predicted molar refractivity (Wildman–Crippen MR) is 89.4 cm³/mol. The van der Waals surface area contributed by atoms with Crippen LogP contribution in [0.15, 0.2) is 40.9 Å². The summed E-state index contributed by atoms with van der Waals surface area (Å²) in [6.45, 7) is 0. The Balaban J connectivity index is 2.28. The minimum Gasteiger partial charge on any atom is -0.389 e. The number of halogens is 3. The minimum atomic E-state index is -0.516. The van der Waals surface area contributed by atoms with E-state index in [4.69, 9.17) is 29.6 Å². The molecule has 0 atom stereocenters. The third kappa shape index (κ3) is 3.58. The van der Waals surface area contributed by atoms with E-state index in [1.807, 2.05) is 0 Å². The Morgan fingerprint density at radius 2 is 2.05 bits per heavy atom. The average molecular weight is 388 g/mol. The fourth-order valence-electron chi connectivity index (χ4n) is 1.64. The van der Waals surface area contributed by atoms with Crippen molar-refractivity contribution in [2.75, 3.05) is 5.32 Å². The molecule has 108 valence electrons. The van der Waals surface area contributed by atoms with Crippen molar-refractivity contribution in [2.45, 2.75) is 0 Å². The predicted octanol–water partition coefficient (Wildman–Crippen LogP) is 4.13. The Morgan fingerprint density at radius 3 is 2.67 bits per heavy atom. The van der Waals surface area contributed by atoms with E-state index in [-0.39, 0.29) is 15.0 Å². The van der Waals surface area contributed by atoms with Gasteiger partial charge in [0, 0.05) is 5.56 Å². The highest BCUT2D eigenvalue weighted by molar-refractivity contribution is 9.10. The number of hydrogen-bond donors (Lipinski definition) is 2. The molecule has 0 radical (unpaired) electrons. The van der Waals surface area contributed by atoms with Crippen LogP contribution in [0, 0.1) is 5.82 Å². The maximum Gasteiger partial charge on any atom is 0.256 e. The van der Waals surface area contributed by atoms with Gasteiger partial charge >= 0.3 is 0 Å². The van der Waals surface area contributed by atoms with E-state index < -0.39 is 11.7 Å². The fourth-order valence-corrected chi connectivity index (χ4v) is 2.44. The number of amides is 1. The monoisotopic (exact) mass is 386 g/mol. The van der Waals surface area contributed by atoms with Crippen LogP contribution in [0.2, 0.25) is 5.02 Å². The lowest BCUT2D eigenvalue weighted by atomic mass is 10.1. The van der Waals surface area contributed by atoms with E-state index in [9.17, 15) is 9.18 Å². The first-order valence-corrected chi connectivity index (χ1v) is 7.33. The van der Waals surface area contributed by atoms with E-state index in [0.29, 0.717) is 16.3 Å². The highest BCUT2D eigenvalue weighted by atomic mass is 79.9. The zero-order chi connectivity index (χ0) is 15.6. The van der Waals surface area contributed by atoms with E-state index in [1.165, 1.54) is 18.2 Å². The summed E-state index contributed by atoms with van der Waals surface area (Å²) in [5.41, 5.74) is 6.65. The maximum atomic E-state index is 13.4. The van der Waals surface area contributed by atoms with Crippen LogP contribution in [0.3, 0.4) is 0 Å². The summed E-state index contributed by atoms with van der Waals surface area (Å²) in [4.78, 5) is 12.4. The molecule has 0 saturated heterocycles.